The van der Waals surface area contributed by atoms with Gasteiger partial charge in [-0.15, -0.1) is 0 Å². The summed E-state index contributed by atoms with van der Waals surface area (Å²) >= 11 is 0. The number of sulfonamides is 1. The fourth-order valence-electron chi connectivity index (χ4n) is 4.84. The lowest BCUT2D eigenvalue weighted by molar-refractivity contribution is -0.141. The van der Waals surface area contributed by atoms with Gasteiger partial charge in [-0.2, -0.15) is 17.5 Å². The number of halogens is 4. The van der Waals surface area contributed by atoms with E-state index in [1.807, 2.05) is 0 Å². The average Bonchev–Trinajstić information content (AvgIpc) is 3.14. The molecule has 2 aliphatic rings. The zero-order valence-electron chi connectivity index (χ0n) is 17.6. The number of anilines is 1. The topological polar surface area (TPSA) is 77.9 Å². The minimum atomic E-state index is -4.81. The number of nitrogens with zero attached hydrogens (tertiary/aromatic N) is 2. The van der Waals surface area contributed by atoms with E-state index in [9.17, 15) is 35.9 Å². The quantitative estimate of drug-likeness (QED) is 0.669. The smallest absolute Gasteiger partial charge is 0.419 e. The molecule has 2 unspecified atom stereocenters. The van der Waals surface area contributed by atoms with E-state index in [0.29, 0.717) is 18.1 Å². The van der Waals surface area contributed by atoms with Crippen molar-refractivity contribution in [1.29, 1.82) is 0 Å². The van der Waals surface area contributed by atoms with Crippen molar-refractivity contribution >= 4 is 21.7 Å². The maximum absolute atomic E-state index is 14.0. The van der Waals surface area contributed by atoms with E-state index >= 15 is 0 Å². The summed E-state index contributed by atoms with van der Waals surface area (Å²) in [4.78, 5) is 14.0. The van der Waals surface area contributed by atoms with Crippen LogP contribution in [0.3, 0.4) is 0 Å². The van der Waals surface area contributed by atoms with Crippen molar-refractivity contribution in [1.82, 2.24) is 4.31 Å². The van der Waals surface area contributed by atoms with Gasteiger partial charge in [0.2, 0.25) is 14.8 Å². The number of carboxylic acid groups (broad SMARTS) is 1. The molecule has 1 N–H and O–H groups in total. The van der Waals surface area contributed by atoms with Crippen molar-refractivity contribution < 1.29 is 35.9 Å². The summed E-state index contributed by atoms with van der Waals surface area (Å²) in [7, 11) is -4.34. The molecule has 1 saturated heterocycles. The van der Waals surface area contributed by atoms with Crippen LogP contribution in [-0.4, -0.2) is 49.5 Å². The fourth-order valence-corrected chi connectivity index (χ4v) is 7.16. The Bertz CT molecular complexity index is 1200. The summed E-state index contributed by atoms with van der Waals surface area (Å²) in [5, 5.41) is 10.1. The van der Waals surface area contributed by atoms with Gasteiger partial charge in [0.15, 0.2) is 0 Å². The molecular weight excluding hydrogens is 464 g/mol. The number of fused-ring (bicyclic) bond motifs is 1. The predicted octanol–water partition coefficient (Wildman–Crippen LogP) is 3.61. The Morgan fingerprint density at radius 3 is 2.45 bits per heavy atom. The lowest BCUT2D eigenvalue weighted by atomic mass is 10.0. The van der Waals surface area contributed by atoms with Gasteiger partial charge >= 0.3 is 12.1 Å². The highest BCUT2D eigenvalue weighted by atomic mass is 32.2. The van der Waals surface area contributed by atoms with Gasteiger partial charge in [0.05, 0.1) is 5.56 Å². The number of rotatable bonds is 4. The first-order valence-electron chi connectivity index (χ1n) is 10.3. The van der Waals surface area contributed by atoms with Gasteiger partial charge in [-0.25, -0.2) is 12.8 Å². The molecule has 178 valence electrons. The minimum Gasteiger partial charge on any atom is -0.480 e. The summed E-state index contributed by atoms with van der Waals surface area (Å²) in [5.74, 6) is -2.85. The molecule has 1 heterocycles. The summed E-state index contributed by atoms with van der Waals surface area (Å²) in [5.41, 5.74) is -0.237. The highest BCUT2D eigenvalue weighted by molar-refractivity contribution is 7.90. The summed E-state index contributed by atoms with van der Waals surface area (Å²) < 4.78 is 79.1. The van der Waals surface area contributed by atoms with E-state index in [1.54, 1.807) is 30.0 Å². The molecule has 6 nitrogen and oxygen atoms in total. The van der Waals surface area contributed by atoms with Gasteiger partial charge in [0.25, 0.3) is 0 Å². The van der Waals surface area contributed by atoms with Crippen molar-refractivity contribution in [3.05, 3.63) is 65.0 Å². The minimum absolute atomic E-state index is 0.0708. The third-order valence-electron chi connectivity index (χ3n) is 6.48. The van der Waals surface area contributed by atoms with Gasteiger partial charge in [-0.05, 0) is 49.1 Å². The molecule has 0 saturated carbocycles. The molecule has 0 amide bonds. The van der Waals surface area contributed by atoms with E-state index in [4.69, 9.17) is 0 Å². The highest BCUT2D eigenvalue weighted by Crippen LogP contribution is 2.46. The summed E-state index contributed by atoms with van der Waals surface area (Å²) in [6, 6.07) is 8.49. The highest BCUT2D eigenvalue weighted by Gasteiger charge is 2.59. The molecule has 1 fully saturated rings. The second kappa shape index (κ2) is 7.98. The molecule has 2 aromatic carbocycles. The van der Waals surface area contributed by atoms with E-state index in [2.05, 4.69) is 0 Å². The second-order valence-electron chi connectivity index (χ2n) is 8.36. The molecule has 1 aliphatic heterocycles. The Morgan fingerprint density at radius 2 is 1.85 bits per heavy atom. The van der Waals surface area contributed by atoms with Crippen LogP contribution in [-0.2, 0) is 32.2 Å². The van der Waals surface area contributed by atoms with Crippen LogP contribution in [0.2, 0.25) is 0 Å². The number of aryl methyl sites for hydroxylation is 1. The van der Waals surface area contributed by atoms with Crippen LogP contribution in [0.1, 0.15) is 30.0 Å². The number of aliphatic carboxylic acids is 1. The second-order valence-corrected chi connectivity index (χ2v) is 10.5. The van der Waals surface area contributed by atoms with Crippen LogP contribution >= 0.6 is 0 Å². The Hall–Kier alpha value is -2.66. The molecule has 33 heavy (non-hydrogen) atoms. The summed E-state index contributed by atoms with van der Waals surface area (Å²) in [6.45, 7) is 1.66. The van der Waals surface area contributed by atoms with E-state index < -0.39 is 44.3 Å². The van der Waals surface area contributed by atoms with Crippen molar-refractivity contribution in [3.63, 3.8) is 0 Å². The number of benzene rings is 2. The van der Waals surface area contributed by atoms with Crippen LogP contribution < -0.4 is 4.90 Å². The van der Waals surface area contributed by atoms with Gasteiger partial charge in [0.1, 0.15) is 5.82 Å². The number of piperazine rings is 1. The third kappa shape index (κ3) is 3.67. The monoisotopic (exact) mass is 486 g/mol. The van der Waals surface area contributed by atoms with E-state index in [-0.39, 0.29) is 37.3 Å². The van der Waals surface area contributed by atoms with Crippen LogP contribution in [0, 0.1) is 5.82 Å². The Labute approximate surface area is 188 Å². The maximum atomic E-state index is 14.0. The number of carbonyl (C=O) groups is 1. The normalized spacial score (nSPS) is 24.0. The first-order valence-corrected chi connectivity index (χ1v) is 11.8. The molecule has 2 aromatic rings. The molecule has 4 rings (SSSR count). The lowest BCUT2D eigenvalue weighted by Crippen LogP contribution is -2.59. The molecule has 0 aromatic heterocycles. The molecule has 1 aliphatic carbocycles. The molecule has 0 bridgehead atoms. The van der Waals surface area contributed by atoms with Crippen LogP contribution in [0.5, 0.6) is 0 Å². The number of carboxylic acids is 1. The Morgan fingerprint density at radius 1 is 1.15 bits per heavy atom. The number of hydrogen-bond donors (Lipinski definition) is 1. The molecule has 0 spiro atoms. The van der Waals surface area contributed by atoms with Gasteiger partial charge in [-0.1, -0.05) is 24.3 Å². The zero-order chi connectivity index (χ0) is 24.2. The zero-order valence-corrected chi connectivity index (χ0v) is 18.5. The van der Waals surface area contributed by atoms with Crippen molar-refractivity contribution in [2.75, 3.05) is 24.5 Å². The predicted molar refractivity (Wildman–Crippen MR) is 113 cm³/mol. The molecular formula is C22H22F4N2O4S. The first-order chi connectivity index (χ1) is 15.4. The number of alkyl halides is 3. The fraction of sp³-hybridized carbons (Fsp3) is 0.409. The molecule has 2 atom stereocenters. The van der Waals surface area contributed by atoms with Crippen molar-refractivity contribution in [2.45, 2.75) is 36.7 Å². The van der Waals surface area contributed by atoms with E-state index in [1.165, 1.54) is 6.07 Å². The summed E-state index contributed by atoms with van der Waals surface area (Å²) in [6.07, 6.45) is -4.58. The third-order valence-corrected chi connectivity index (χ3v) is 9.12. The van der Waals surface area contributed by atoms with Crippen molar-refractivity contribution in [3.8, 4) is 0 Å². The molecule has 11 heteroatoms. The van der Waals surface area contributed by atoms with Crippen LogP contribution in [0.4, 0.5) is 23.2 Å². The largest absolute Gasteiger partial charge is 0.480 e. The maximum Gasteiger partial charge on any atom is 0.419 e. The van der Waals surface area contributed by atoms with Gasteiger partial charge in [0, 0.05) is 31.4 Å². The Balaban J connectivity index is 1.62. The number of hydrogen-bond acceptors (Lipinski definition) is 4. The molecule has 0 radical (unpaired) electrons. The van der Waals surface area contributed by atoms with Crippen molar-refractivity contribution in [2.24, 2.45) is 0 Å². The van der Waals surface area contributed by atoms with E-state index in [0.717, 1.165) is 16.4 Å². The first kappa shape index (κ1) is 23.5. The van der Waals surface area contributed by atoms with Gasteiger partial charge in [-0.3, -0.25) is 4.79 Å². The standard InChI is InChI=1S/C22H22F4N2O4S/c1-14-13-27(16-6-7-18(19(23)12-16)22(24,25)26)10-11-28(14)33(31,32)21(20(29)30)9-8-15-4-2-3-5-17(15)21/h2-7,12,14H,8-11,13H2,1H3,(H,29,30). The average molecular weight is 486 g/mol. The SMILES string of the molecule is CC1CN(c2ccc(C(F)(F)F)c(F)c2)CCN1S(=O)(=O)C1(C(=O)O)CCc2ccccc21. The van der Waals surface area contributed by atoms with Gasteiger partial charge < -0.3 is 10.0 Å². The lowest BCUT2D eigenvalue weighted by Gasteiger charge is -2.43. The van der Waals surface area contributed by atoms with Crippen LogP contribution in [0.25, 0.3) is 0 Å². The Kier molecular flexibility index (Phi) is 5.68. The van der Waals surface area contributed by atoms with Crippen LogP contribution in [0.15, 0.2) is 42.5 Å².